The molecule has 0 aliphatic carbocycles. The van der Waals surface area contributed by atoms with E-state index in [1.165, 1.54) is 23.3 Å². The third-order valence-electron chi connectivity index (χ3n) is 4.25. The molecule has 0 amide bonds. The summed E-state index contributed by atoms with van der Waals surface area (Å²) in [4.78, 5) is 17.6. The van der Waals surface area contributed by atoms with Crippen LogP contribution in [0.3, 0.4) is 0 Å². The summed E-state index contributed by atoms with van der Waals surface area (Å²) in [5.41, 5.74) is 1.17. The lowest BCUT2D eigenvalue weighted by Gasteiger charge is -2.37. The number of carboxylic acid groups (broad SMARTS) is 1. The van der Waals surface area contributed by atoms with Crippen molar-refractivity contribution in [2.75, 3.05) is 26.2 Å². The standard InChI is InChI=1S/C15H24N2O2S/c1-4-11(2)17-7-5-16(6-8-17)10-13-9-14(15(18)19)20-12(13)3/h9,11H,4-8,10H2,1-3H3,(H,18,19). The molecule has 2 rings (SSSR count). The molecule has 2 heterocycles. The van der Waals surface area contributed by atoms with Crippen molar-refractivity contribution in [2.45, 2.75) is 39.8 Å². The minimum Gasteiger partial charge on any atom is -0.477 e. The number of aromatic carboxylic acids is 1. The highest BCUT2D eigenvalue weighted by Gasteiger charge is 2.21. The van der Waals surface area contributed by atoms with E-state index in [2.05, 4.69) is 23.6 Å². The maximum Gasteiger partial charge on any atom is 0.345 e. The molecule has 0 bridgehead atoms. The molecule has 1 atom stereocenters. The Morgan fingerprint density at radius 1 is 1.40 bits per heavy atom. The lowest BCUT2D eigenvalue weighted by Crippen LogP contribution is -2.49. The molecule has 0 aromatic carbocycles. The first-order valence-corrected chi connectivity index (χ1v) is 8.12. The Bertz CT molecular complexity index is 464. The zero-order valence-corrected chi connectivity index (χ0v) is 13.4. The lowest BCUT2D eigenvalue weighted by atomic mass is 10.1. The van der Waals surface area contributed by atoms with Crippen LogP contribution in [0.2, 0.25) is 0 Å². The van der Waals surface area contributed by atoms with E-state index in [9.17, 15) is 4.79 Å². The molecule has 112 valence electrons. The van der Waals surface area contributed by atoms with Crippen LogP contribution in [-0.4, -0.2) is 53.1 Å². The summed E-state index contributed by atoms with van der Waals surface area (Å²) in [5.74, 6) is -0.814. The summed E-state index contributed by atoms with van der Waals surface area (Å²) < 4.78 is 0. The largest absolute Gasteiger partial charge is 0.477 e. The van der Waals surface area contributed by atoms with Gasteiger partial charge in [-0.3, -0.25) is 9.80 Å². The average Bonchev–Trinajstić information content (AvgIpc) is 2.80. The van der Waals surface area contributed by atoms with E-state index in [1.807, 2.05) is 13.0 Å². The van der Waals surface area contributed by atoms with Gasteiger partial charge in [-0.05, 0) is 31.9 Å². The predicted octanol–water partition coefficient (Wildman–Crippen LogP) is 2.67. The zero-order chi connectivity index (χ0) is 14.7. The number of hydrogen-bond acceptors (Lipinski definition) is 4. The first kappa shape index (κ1) is 15.5. The van der Waals surface area contributed by atoms with Crippen molar-refractivity contribution in [1.29, 1.82) is 0 Å². The van der Waals surface area contributed by atoms with Crippen molar-refractivity contribution in [1.82, 2.24) is 9.80 Å². The first-order chi connectivity index (χ1) is 9.51. The van der Waals surface area contributed by atoms with Gasteiger partial charge in [0.1, 0.15) is 4.88 Å². The van der Waals surface area contributed by atoms with E-state index in [1.54, 1.807) is 0 Å². The van der Waals surface area contributed by atoms with Crippen LogP contribution < -0.4 is 0 Å². The summed E-state index contributed by atoms with van der Waals surface area (Å²) in [7, 11) is 0. The van der Waals surface area contributed by atoms with Gasteiger partial charge in [-0.2, -0.15) is 0 Å². The highest BCUT2D eigenvalue weighted by atomic mass is 32.1. The van der Waals surface area contributed by atoms with Gasteiger partial charge in [0.2, 0.25) is 0 Å². The third kappa shape index (κ3) is 3.59. The van der Waals surface area contributed by atoms with Gasteiger partial charge in [-0.1, -0.05) is 6.92 Å². The summed E-state index contributed by atoms with van der Waals surface area (Å²) in [6.45, 7) is 11.8. The molecule has 20 heavy (non-hydrogen) atoms. The van der Waals surface area contributed by atoms with Crippen LogP contribution in [0.4, 0.5) is 0 Å². The van der Waals surface area contributed by atoms with E-state index < -0.39 is 5.97 Å². The van der Waals surface area contributed by atoms with Crippen molar-refractivity contribution in [3.05, 3.63) is 21.4 Å². The fraction of sp³-hybridized carbons (Fsp3) is 0.667. The smallest absolute Gasteiger partial charge is 0.345 e. The van der Waals surface area contributed by atoms with Crippen molar-refractivity contribution in [2.24, 2.45) is 0 Å². The number of aryl methyl sites for hydroxylation is 1. The molecule has 1 aliphatic rings. The molecule has 1 fully saturated rings. The van der Waals surface area contributed by atoms with Gasteiger partial charge in [0.05, 0.1) is 0 Å². The van der Waals surface area contributed by atoms with Crippen LogP contribution in [0, 0.1) is 6.92 Å². The number of nitrogens with zero attached hydrogens (tertiary/aromatic N) is 2. The monoisotopic (exact) mass is 296 g/mol. The second-order valence-electron chi connectivity index (χ2n) is 5.57. The summed E-state index contributed by atoms with van der Waals surface area (Å²) >= 11 is 1.38. The second kappa shape index (κ2) is 6.70. The Morgan fingerprint density at radius 2 is 2.05 bits per heavy atom. The molecule has 0 saturated carbocycles. The molecule has 1 unspecified atom stereocenters. The SMILES string of the molecule is CCC(C)N1CCN(Cc2cc(C(=O)O)sc2C)CC1. The Labute approximate surface area is 125 Å². The number of rotatable bonds is 5. The zero-order valence-electron chi connectivity index (χ0n) is 12.6. The molecule has 1 aromatic rings. The van der Waals surface area contributed by atoms with Crippen LogP contribution >= 0.6 is 11.3 Å². The average molecular weight is 296 g/mol. The molecule has 0 spiro atoms. The molecule has 5 heteroatoms. The molecular weight excluding hydrogens is 272 g/mol. The maximum absolute atomic E-state index is 11.0. The number of hydrogen-bond donors (Lipinski definition) is 1. The highest BCUT2D eigenvalue weighted by molar-refractivity contribution is 7.14. The number of thiophene rings is 1. The third-order valence-corrected chi connectivity index (χ3v) is 5.33. The molecule has 1 N–H and O–H groups in total. The Morgan fingerprint density at radius 3 is 2.55 bits per heavy atom. The van der Waals surface area contributed by atoms with E-state index in [0.29, 0.717) is 10.9 Å². The van der Waals surface area contributed by atoms with Gasteiger partial charge in [-0.15, -0.1) is 11.3 Å². The van der Waals surface area contributed by atoms with Gasteiger partial charge in [0, 0.05) is 43.6 Å². The molecule has 1 saturated heterocycles. The van der Waals surface area contributed by atoms with Crippen LogP contribution in [-0.2, 0) is 6.54 Å². The topological polar surface area (TPSA) is 43.8 Å². The van der Waals surface area contributed by atoms with E-state index in [4.69, 9.17) is 5.11 Å². The first-order valence-electron chi connectivity index (χ1n) is 7.30. The number of piperazine rings is 1. The fourth-order valence-corrected chi connectivity index (χ4v) is 3.52. The van der Waals surface area contributed by atoms with Crippen molar-refractivity contribution in [3.8, 4) is 0 Å². The van der Waals surface area contributed by atoms with E-state index >= 15 is 0 Å². The molecule has 4 nitrogen and oxygen atoms in total. The fourth-order valence-electron chi connectivity index (χ4n) is 2.64. The minimum atomic E-state index is -0.814. The minimum absolute atomic E-state index is 0.454. The molecular formula is C15H24N2O2S. The Balaban J connectivity index is 1.91. The molecule has 1 aliphatic heterocycles. The number of carbonyl (C=O) groups is 1. The summed E-state index contributed by atoms with van der Waals surface area (Å²) in [5, 5.41) is 9.04. The quantitative estimate of drug-likeness (QED) is 0.907. The number of carboxylic acids is 1. The molecule has 1 aromatic heterocycles. The van der Waals surface area contributed by atoms with E-state index in [0.717, 1.165) is 37.6 Å². The Hall–Kier alpha value is -0.910. The van der Waals surface area contributed by atoms with Crippen LogP contribution in [0.5, 0.6) is 0 Å². The van der Waals surface area contributed by atoms with E-state index in [-0.39, 0.29) is 0 Å². The molecule has 0 radical (unpaired) electrons. The van der Waals surface area contributed by atoms with Crippen LogP contribution in [0.15, 0.2) is 6.07 Å². The van der Waals surface area contributed by atoms with Gasteiger partial charge in [-0.25, -0.2) is 4.79 Å². The van der Waals surface area contributed by atoms with Gasteiger partial charge < -0.3 is 5.11 Å². The highest BCUT2D eigenvalue weighted by Crippen LogP contribution is 2.23. The van der Waals surface area contributed by atoms with Crippen molar-refractivity contribution >= 4 is 17.3 Å². The van der Waals surface area contributed by atoms with Gasteiger partial charge >= 0.3 is 5.97 Å². The lowest BCUT2D eigenvalue weighted by molar-refractivity contribution is 0.0701. The van der Waals surface area contributed by atoms with Crippen LogP contribution in [0.25, 0.3) is 0 Å². The van der Waals surface area contributed by atoms with Gasteiger partial charge in [0.15, 0.2) is 0 Å². The van der Waals surface area contributed by atoms with Crippen LogP contribution in [0.1, 0.15) is 40.4 Å². The second-order valence-corrected chi connectivity index (χ2v) is 6.82. The van der Waals surface area contributed by atoms with Gasteiger partial charge in [0.25, 0.3) is 0 Å². The normalized spacial score (nSPS) is 19.1. The Kier molecular flexibility index (Phi) is 5.18. The maximum atomic E-state index is 11.0. The summed E-state index contributed by atoms with van der Waals surface area (Å²) in [6, 6.07) is 2.50. The van der Waals surface area contributed by atoms with Crippen molar-refractivity contribution in [3.63, 3.8) is 0 Å². The predicted molar refractivity (Wildman–Crippen MR) is 82.6 cm³/mol. The van der Waals surface area contributed by atoms with Crippen molar-refractivity contribution < 1.29 is 9.90 Å². The summed E-state index contributed by atoms with van der Waals surface area (Å²) in [6.07, 6.45) is 1.20.